The molecule has 2 aromatic rings. The van der Waals surface area contributed by atoms with Gasteiger partial charge in [0.2, 0.25) is 0 Å². The highest BCUT2D eigenvalue weighted by atomic mass is 16.5. The topological polar surface area (TPSA) is 75.2 Å². The first-order valence-corrected chi connectivity index (χ1v) is 6.65. The number of amidine groups is 1. The van der Waals surface area contributed by atoms with Gasteiger partial charge in [-0.3, -0.25) is 5.41 Å². The lowest BCUT2D eigenvalue weighted by Gasteiger charge is -2.22. The Labute approximate surface area is 118 Å². The van der Waals surface area contributed by atoms with Crippen molar-refractivity contribution in [3.63, 3.8) is 0 Å². The van der Waals surface area contributed by atoms with Crippen LogP contribution in [0.15, 0.2) is 30.3 Å². The molecule has 0 spiro atoms. The van der Waals surface area contributed by atoms with Crippen LogP contribution in [0.2, 0.25) is 0 Å². The fourth-order valence-corrected chi connectivity index (χ4v) is 2.18. The molecule has 0 bridgehead atoms. The molecule has 0 fully saturated rings. The second-order valence-electron chi connectivity index (χ2n) is 4.53. The second-order valence-corrected chi connectivity index (χ2v) is 4.53. The Morgan fingerprint density at radius 1 is 1.40 bits per heavy atom. The maximum Gasteiger partial charge on any atom is 0.130 e. The zero-order chi connectivity index (χ0) is 14.5. The van der Waals surface area contributed by atoms with E-state index in [2.05, 4.69) is 16.8 Å². The van der Waals surface area contributed by atoms with Crippen molar-refractivity contribution in [3.8, 4) is 0 Å². The van der Waals surface area contributed by atoms with E-state index in [0.29, 0.717) is 6.61 Å². The van der Waals surface area contributed by atoms with Crippen LogP contribution in [0, 0.1) is 5.41 Å². The Hall–Kier alpha value is -2.14. The molecule has 0 atom stereocenters. The van der Waals surface area contributed by atoms with Crippen LogP contribution < -0.4 is 10.6 Å². The van der Waals surface area contributed by atoms with Crippen molar-refractivity contribution in [1.29, 1.82) is 5.41 Å². The third-order valence-electron chi connectivity index (χ3n) is 3.26. The van der Waals surface area contributed by atoms with Gasteiger partial charge in [0.05, 0.1) is 12.1 Å². The van der Waals surface area contributed by atoms with E-state index in [1.54, 1.807) is 7.11 Å². The number of hydrogen-bond acceptors (Lipinski definition) is 4. The van der Waals surface area contributed by atoms with Crippen LogP contribution in [0.5, 0.6) is 0 Å². The molecule has 106 valence electrons. The largest absolute Gasteiger partial charge is 0.384 e. The number of benzene rings is 1. The molecule has 0 radical (unpaired) electrons. The lowest BCUT2D eigenvalue weighted by molar-refractivity contribution is 0.205. The molecular formula is C15H20N4O. The molecule has 1 aromatic carbocycles. The third kappa shape index (κ3) is 2.88. The van der Waals surface area contributed by atoms with Crippen molar-refractivity contribution in [2.45, 2.75) is 6.92 Å². The summed E-state index contributed by atoms with van der Waals surface area (Å²) in [6.07, 6.45) is 0. The molecule has 0 saturated carbocycles. The predicted octanol–water partition coefficient (Wildman–Crippen LogP) is 1.99. The summed E-state index contributed by atoms with van der Waals surface area (Å²) in [5.41, 5.74) is 7.28. The third-order valence-corrected chi connectivity index (χ3v) is 3.26. The number of hydrogen-bond donors (Lipinski definition) is 2. The summed E-state index contributed by atoms with van der Waals surface area (Å²) in [4.78, 5) is 6.77. The van der Waals surface area contributed by atoms with E-state index in [0.717, 1.165) is 35.4 Å². The van der Waals surface area contributed by atoms with Crippen LogP contribution in [-0.2, 0) is 4.74 Å². The number of nitrogens with two attached hydrogens (primary N) is 1. The van der Waals surface area contributed by atoms with Crippen molar-refractivity contribution in [2.24, 2.45) is 5.73 Å². The van der Waals surface area contributed by atoms with E-state index in [4.69, 9.17) is 15.9 Å². The standard InChI is InChI=1S/C15H20N4O/c1-3-19(8-9-20-2)14-10-12(15(16)17)11-6-4-5-7-13(11)18-14/h4-7,10H,3,8-9H2,1-2H3,(H3,16,17). The maximum atomic E-state index is 7.76. The Morgan fingerprint density at radius 2 is 2.15 bits per heavy atom. The quantitative estimate of drug-likeness (QED) is 0.623. The number of nitrogens with one attached hydrogen (secondary N) is 1. The van der Waals surface area contributed by atoms with Crippen molar-refractivity contribution >= 4 is 22.6 Å². The van der Waals surface area contributed by atoms with Crippen molar-refractivity contribution in [3.05, 3.63) is 35.9 Å². The molecular weight excluding hydrogens is 252 g/mol. The molecule has 3 N–H and O–H groups in total. The van der Waals surface area contributed by atoms with Gasteiger partial charge < -0.3 is 15.4 Å². The minimum Gasteiger partial charge on any atom is -0.384 e. The fraction of sp³-hybridized carbons (Fsp3) is 0.333. The van der Waals surface area contributed by atoms with Crippen molar-refractivity contribution in [2.75, 3.05) is 31.7 Å². The van der Waals surface area contributed by atoms with Gasteiger partial charge in [0.25, 0.3) is 0 Å². The molecule has 0 aliphatic rings. The van der Waals surface area contributed by atoms with E-state index in [1.807, 2.05) is 30.3 Å². The average Bonchev–Trinajstić information content (AvgIpc) is 2.47. The zero-order valence-corrected chi connectivity index (χ0v) is 11.9. The molecule has 5 nitrogen and oxygen atoms in total. The smallest absolute Gasteiger partial charge is 0.130 e. The van der Waals surface area contributed by atoms with Gasteiger partial charge in [0.1, 0.15) is 11.7 Å². The fourth-order valence-electron chi connectivity index (χ4n) is 2.18. The van der Waals surface area contributed by atoms with E-state index < -0.39 is 0 Å². The van der Waals surface area contributed by atoms with E-state index in [9.17, 15) is 0 Å². The number of fused-ring (bicyclic) bond motifs is 1. The first kappa shape index (κ1) is 14.3. The lowest BCUT2D eigenvalue weighted by Crippen LogP contribution is -2.28. The summed E-state index contributed by atoms with van der Waals surface area (Å²) >= 11 is 0. The summed E-state index contributed by atoms with van der Waals surface area (Å²) in [5, 5.41) is 8.67. The number of anilines is 1. The first-order chi connectivity index (χ1) is 9.67. The van der Waals surface area contributed by atoms with Crippen LogP contribution >= 0.6 is 0 Å². The Bertz CT molecular complexity index is 612. The zero-order valence-electron chi connectivity index (χ0n) is 11.9. The van der Waals surface area contributed by atoms with Crippen molar-refractivity contribution < 1.29 is 4.74 Å². The summed E-state index contributed by atoms with van der Waals surface area (Å²) in [7, 11) is 1.68. The number of rotatable bonds is 6. The molecule has 1 aromatic heterocycles. The molecule has 0 unspecified atom stereocenters. The second kappa shape index (κ2) is 6.34. The van der Waals surface area contributed by atoms with Gasteiger partial charge in [-0.25, -0.2) is 4.98 Å². The van der Waals surface area contributed by atoms with Crippen LogP contribution in [0.4, 0.5) is 5.82 Å². The monoisotopic (exact) mass is 272 g/mol. The number of para-hydroxylation sites is 1. The maximum absolute atomic E-state index is 7.76. The van der Waals surface area contributed by atoms with Crippen LogP contribution in [-0.4, -0.2) is 37.6 Å². The molecule has 2 rings (SSSR count). The molecule has 0 aliphatic heterocycles. The normalized spacial score (nSPS) is 10.7. The Balaban J connectivity index is 2.51. The van der Waals surface area contributed by atoms with Gasteiger partial charge in [-0.2, -0.15) is 0 Å². The van der Waals surface area contributed by atoms with Gasteiger partial charge in [-0.15, -0.1) is 0 Å². The molecule has 0 saturated heterocycles. The summed E-state index contributed by atoms with van der Waals surface area (Å²) in [6, 6.07) is 9.63. The highest BCUT2D eigenvalue weighted by Gasteiger charge is 2.12. The SMILES string of the molecule is CCN(CCOC)c1cc(C(=N)N)c2ccccc2n1. The van der Waals surface area contributed by atoms with Gasteiger partial charge in [0.15, 0.2) is 0 Å². The molecule has 0 aliphatic carbocycles. The summed E-state index contributed by atoms with van der Waals surface area (Å²) < 4.78 is 5.12. The lowest BCUT2D eigenvalue weighted by atomic mass is 10.1. The Morgan fingerprint density at radius 3 is 2.80 bits per heavy atom. The minimum absolute atomic E-state index is 0.0626. The number of methoxy groups -OCH3 is 1. The average molecular weight is 272 g/mol. The number of ether oxygens (including phenoxy) is 1. The molecule has 5 heteroatoms. The number of aromatic nitrogens is 1. The first-order valence-electron chi connectivity index (χ1n) is 6.65. The highest BCUT2D eigenvalue weighted by Crippen LogP contribution is 2.22. The summed E-state index contributed by atoms with van der Waals surface area (Å²) in [5.74, 6) is 0.890. The minimum atomic E-state index is 0.0626. The highest BCUT2D eigenvalue weighted by molar-refractivity contribution is 6.07. The van der Waals surface area contributed by atoms with E-state index in [1.165, 1.54) is 0 Å². The van der Waals surface area contributed by atoms with Crippen molar-refractivity contribution in [1.82, 2.24) is 4.98 Å². The molecule has 0 amide bonds. The van der Waals surface area contributed by atoms with Crippen LogP contribution in [0.3, 0.4) is 0 Å². The van der Waals surface area contributed by atoms with Crippen LogP contribution in [0.1, 0.15) is 12.5 Å². The van der Waals surface area contributed by atoms with Gasteiger partial charge in [-0.05, 0) is 19.1 Å². The molecule has 20 heavy (non-hydrogen) atoms. The number of nitrogen functional groups attached to an aromatic ring is 1. The Kier molecular flexibility index (Phi) is 4.53. The van der Waals surface area contributed by atoms with Gasteiger partial charge in [-0.1, -0.05) is 18.2 Å². The molecule has 1 heterocycles. The summed E-state index contributed by atoms with van der Waals surface area (Å²) in [6.45, 7) is 4.29. The van der Waals surface area contributed by atoms with E-state index in [-0.39, 0.29) is 5.84 Å². The van der Waals surface area contributed by atoms with Gasteiger partial charge in [0, 0.05) is 31.1 Å². The number of likely N-dealkylation sites (N-methyl/N-ethyl adjacent to an activating group) is 1. The van der Waals surface area contributed by atoms with E-state index >= 15 is 0 Å². The van der Waals surface area contributed by atoms with Crippen LogP contribution in [0.25, 0.3) is 10.9 Å². The van der Waals surface area contributed by atoms with Gasteiger partial charge >= 0.3 is 0 Å². The predicted molar refractivity (Wildman–Crippen MR) is 82.5 cm³/mol. The number of nitrogens with zero attached hydrogens (tertiary/aromatic N) is 2. The number of pyridine rings is 1.